The molecule has 1 aromatic carbocycles. The zero-order valence-corrected chi connectivity index (χ0v) is 14.1. The van der Waals surface area contributed by atoms with Crippen LogP contribution >= 0.6 is 0 Å². The van der Waals surface area contributed by atoms with Crippen molar-refractivity contribution in [1.29, 1.82) is 0 Å². The van der Waals surface area contributed by atoms with Crippen molar-refractivity contribution in [3.8, 4) is 0 Å². The van der Waals surface area contributed by atoms with Crippen molar-refractivity contribution in [3.63, 3.8) is 0 Å². The number of hydrogen-bond acceptors (Lipinski definition) is 4. The van der Waals surface area contributed by atoms with E-state index in [1.54, 1.807) is 4.90 Å². The van der Waals surface area contributed by atoms with Crippen LogP contribution in [0.3, 0.4) is 0 Å². The Labute approximate surface area is 136 Å². The molecule has 1 saturated heterocycles. The van der Waals surface area contributed by atoms with Crippen molar-refractivity contribution < 1.29 is 17.6 Å². The van der Waals surface area contributed by atoms with E-state index < -0.39 is 15.8 Å². The number of halogens is 1. The van der Waals surface area contributed by atoms with Gasteiger partial charge in [0.05, 0.1) is 11.9 Å². The molecule has 128 valence electrons. The summed E-state index contributed by atoms with van der Waals surface area (Å²) in [7, 11) is -1.69. The third-order valence-corrected chi connectivity index (χ3v) is 4.49. The van der Waals surface area contributed by atoms with E-state index >= 15 is 0 Å². The number of anilines is 1. The fourth-order valence-corrected chi connectivity index (χ4v) is 3.30. The van der Waals surface area contributed by atoms with Crippen LogP contribution in [0.4, 0.5) is 10.1 Å². The number of carbonyl (C=O) groups is 1. The van der Waals surface area contributed by atoms with Gasteiger partial charge in [-0.1, -0.05) is 0 Å². The zero-order valence-electron chi connectivity index (χ0n) is 13.3. The van der Waals surface area contributed by atoms with E-state index in [4.69, 9.17) is 0 Å². The lowest BCUT2D eigenvalue weighted by Crippen LogP contribution is -2.40. The first kappa shape index (κ1) is 17.7. The van der Waals surface area contributed by atoms with Crippen LogP contribution in [0.2, 0.25) is 0 Å². The van der Waals surface area contributed by atoms with Crippen LogP contribution in [0.15, 0.2) is 18.2 Å². The van der Waals surface area contributed by atoms with Crippen molar-refractivity contribution in [3.05, 3.63) is 29.6 Å². The highest BCUT2D eigenvalue weighted by atomic mass is 32.2. The fraction of sp³-hybridized carbons (Fsp3) is 0.533. The average molecular weight is 343 g/mol. The number of likely N-dealkylation sites (tertiary alicyclic amines) is 1. The van der Waals surface area contributed by atoms with E-state index in [2.05, 4.69) is 10.0 Å². The Morgan fingerprint density at radius 1 is 1.35 bits per heavy atom. The van der Waals surface area contributed by atoms with E-state index in [1.165, 1.54) is 12.1 Å². The van der Waals surface area contributed by atoms with Gasteiger partial charge >= 0.3 is 0 Å². The maximum atomic E-state index is 13.7. The number of hydrogen-bond donors (Lipinski definition) is 2. The van der Waals surface area contributed by atoms with Crippen LogP contribution in [-0.4, -0.2) is 52.2 Å². The minimum absolute atomic E-state index is 0.204. The smallest absolute Gasteiger partial charge is 0.253 e. The Kier molecular flexibility index (Phi) is 5.59. The molecule has 0 saturated carbocycles. The zero-order chi connectivity index (χ0) is 17.0. The van der Waals surface area contributed by atoms with Gasteiger partial charge < -0.3 is 10.2 Å². The second kappa shape index (κ2) is 7.27. The number of rotatable bonds is 5. The van der Waals surface area contributed by atoms with Crippen LogP contribution in [-0.2, 0) is 10.0 Å². The number of nitrogens with zero attached hydrogens (tertiary/aromatic N) is 1. The van der Waals surface area contributed by atoms with Crippen LogP contribution in [0, 0.1) is 11.7 Å². The second-order valence-electron chi connectivity index (χ2n) is 5.86. The predicted octanol–water partition coefficient (Wildman–Crippen LogP) is 1.27. The Hall–Kier alpha value is -1.67. The van der Waals surface area contributed by atoms with Crippen molar-refractivity contribution in [2.24, 2.45) is 5.92 Å². The molecule has 0 spiro atoms. The Bertz CT molecular complexity index is 671. The third-order valence-electron chi connectivity index (χ3n) is 3.90. The first-order valence-electron chi connectivity index (χ1n) is 7.51. The van der Waals surface area contributed by atoms with E-state index in [-0.39, 0.29) is 17.2 Å². The topological polar surface area (TPSA) is 78.5 Å². The van der Waals surface area contributed by atoms with Crippen molar-refractivity contribution in [2.75, 3.05) is 37.7 Å². The second-order valence-corrected chi connectivity index (χ2v) is 7.61. The molecule has 0 aromatic heterocycles. The van der Waals surface area contributed by atoms with E-state index in [0.29, 0.717) is 19.0 Å². The van der Waals surface area contributed by atoms with Crippen LogP contribution < -0.4 is 10.0 Å². The molecule has 1 aliphatic heterocycles. The van der Waals surface area contributed by atoms with Crippen LogP contribution in [0.5, 0.6) is 0 Å². The summed E-state index contributed by atoms with van der Waals surface area (Å²) < 4.78 is 38.3. The summed E-state index contributed by atoms with van der Waals surface area (Å²) in [5.41, 5.74) is 0.0769. The quantitative estimate of drug-likeness (QED) is 0.844. The summed E-state index contributed by atoms with van der Waals surface area (Å²) in [6.07, 6.45) is 2.78. The molecule has 2 rings (SSSR count). The number of sulfonamides is 1. The molecule has 0 aliphatic carbocycles. The highest BCUT2D eigenvalue weighted by molar-refractivity contribution is 7.92. The summed E-state index contributed by atoms with van der Waals surface area (Å²) in [5, 5.41) is 3.14. The van der Waals surface area contributed by atoms with Crippen molar-refractivity contribution in [1.82, 2.24) is 10.2 Å². The summed E-state index contributed by atoms with van der Waals surface area (Å²) in [4.78, 5) is 14.2. The van der Waals surface area contributed by atoms with Gasteiger partial charge in [-0.25, -0.2) is 12.8 Å². The first-order chi connectivity index (χ1) is 10.8. The minimum Gasteiger partial charge on any atom is -0.339 e. The molecule has 1 fully saturated rings. The predicted molar refractivity (Wildman–Crippen MR) is 87.4 cm³/mol. The van der Waals surface area contributed by atoms with E-state index in [1.807, 2.05) is 7.05 Å². The van der Waals surface area contributed by atoms with Gasteiger partial charge in [0.15, 0.2) is 0 Å². The lowest BCUT2D eigenvalue weighted by atomic mass is 9.96. The Balaban J connectivity index is 2.10. The van der Waals surface area contributed by atoms with Gasteiger partial charge in [-0.05, 0) is 50.6 Å². The molecule has 1 aliphatic rings. The number of carbonyl (C=O) groups excluding carboxylic acids is 1. The monoisotopic (exact) mass is 343 g/mol. The first-order valence-corrected chi connectivity index (χ1v) is 9.40. The van der Waals surface area contributed by atoms with E-state index in [0.717, 1.165) is 31.7 Å². The van der Waals surface area contributed by atoms with Gasteiger partial charge in [-0.15, -0.1) is 0 Å². The van der Waals surface area contributed by atoms with Gasteiger partial charge in [-0.2, -0.15) is 0 Å². The lowest BCUT2D eigenvalue weighted by molar-refractivity contribution is 0.0691. The largest absolute Gasteiger partial charge is 0.339 e. The number of piperidine rings is 1. The van der Waals surface area contributed by atoms with Crippen molar-refractivity contribution >= 4 is 21.6 Å². The number of nitrogens with one attached hydrogen (secondary N) is 2. The maximum Gasteiger partial charge on any atom is 0.253 e. The van der Waals surface area contributed by atoms with Crippen molar-refractivity contribution in [2.45, 2.75) is 12.8 Å². The molecule has 0 bridgehead atoms. The van der Waals surface area contributed by atoms with E-state index in [9.17, 15) is 17.6 Å². The molecule has 1 aromatic rings. The normalized spacial score (nSPS) is 16.4. The van der Waals surface area contributed by atoms with Gasteiger partial charge in [0.1, 0.15) is 5.82 Å². The van der Waals surface area contributed by atoms with Gasteiger partial charge in [0, 0.05) is 18.7 Å². The summed E-state index contributed by atoms with van der Waals surface area (Å²) >= 11 is 0. The SMILES string of the molecule is CNCC1CCN(C(=O)c2ccc(F)c(NS(C)(=O)=O)c2)CC1. The van der Waals surface area contributed by atoms with Gasteiger partial charge in [0.25, 0.3) is 5.91 Å². The third kappa shape index (κ3) is 4.90. The molecule has 0 radical (unpaired) electrons. The average Bonchev–Trinajstić information content (AvgIpc) is 2.48. The molecule has 2 N–H and O–H groups in total. The molecule has 0 unspecified atom stereocenters. The van der Waals surface area contributed by atoms with Gasteiger partial charge in [-0.3, -0.25) is 9.52 Å². The molecule has 0 atom stereocenters. The molecule has 1 heterocycles. The Morgan fingerprint density at radius 2 is 2.00 bits per heavy atom. The molecule has 8 heteroatoms. The molecular weight excluding hydrogens is 321 g/mol. The van der Waals surface area contributed by atoms with Crippen LogP contribution in [0.25, 0.3) is 0 Å². The molecule has 23 heavy (non-hydrogen) atoms. The van der Waals surface area contributed by atoms with Gasteiger partial charge in [0.2, 0.25) is 10.0 Å². The molecular formula is C15H22FN3O3S. The summed E-state index contributed by atoms with van der Waals surface area (Å²) in [5.74, 6) is -0.358. The highest BCUT2D eigenvalue weighted by Crippen LogP contribution is 2.22. The number of benzene rings is 1. The summed E-state index contributed by atoms with van der Waals surface area (Å²) in [6, 6.07) is 3.73. The van der Waals surface area contributed by atoms with Crippen LogP contribution in [0.1, 0.15) is 23.2 Å². The molecule has 1 amide bonds. The fourth-order valence-electron chi connectivity index (χ4n) is 2.75. The Morgan fingerprint density at radius 3 is 2.57 bits per heavy atom. The summed E-state index contributed by atoms with van der Waals surface area (Å²) in [6.45, 7) is 2.23. The molecule has 6 nitrogen and oxygen atoms in total. The minimum atomic E-state index is -3.60. The maximum absolute atomic E-state index is 13.7. The number of amides is 1. The lowest BCUT2D eigenvalue weighted by Gasteiger charge is -2.32. The standard InChI is InChI=1S/C15H22FN3O3S/c1-17-10-11-5-7-19(8-6-11)15(20)12-3-4-13(16)14(9-12)18-23(2,21)22/h3-4,9,11,17-18H,5-8,10H2,1-2H3. The highest BCUT2D eigenvalue weighted by Gasteiger charge is 2.24.